The van der Waals surface area contributed by atoms with Crippen molar-refractivity contribution in [2.75, 3.05) is 13.1 Å². The van der Waals surface area contributed by atoms with Crippen LogP contribution in [0.1, 0.15) is 46.5 Å². The summed E-state index contributed by atoms with van der Waals surface area (Å²) in [7, 11) is 0. The smallest absolute Gasteiger partial charge is 0.410 e. The van der Waals surface area contributed by atoms with Crippen LogP contribution in [-0.4, -0.2) is 53.0 Å². The highest BCUT2D eigenvalue weighted by Crippen LogP contribution is 2.30. The summed E-state index contributed by atoms with van der Waals surface area (Å²) >= 11 is 0. The normalized spacial score (nSPS) is 24.5. The number of hydrogen-bond donors (Lipinski definition) is 0. The summed E-state index contributed by atoms with van der Waals surface area (Å²) in [6, 6.07) is 3.75. The Hall–Kier alpha value is -1.82. The molecule has 6 heteroatoms. The van der Waals surface area contributed by atoms with Gasteiger partial charge in [-0.3, -0.25) is 4.98 Å². The van der Waals surface area contributed by atoms with Crippen LogP contribution in [0, 0.1) is 0 Å². The van der Waals surface area contributed by atoms with Gasteiger partial charge in [0.25, 0.3) is 0 Å². The number of hydrogen-bond acceptors (Lipinski definition) is 5. The maximum absolute atomic E-state index is 12.1. The first kappa shape index (κ1) is 18.0. The van der Waals surface area contributed by atoms with E-state index < -0.39 is 5.60 Å². The third-order valence-electron chi connectivity index (χ3n) is 4.48. The molecule has 0 radical (unpaired) electrons. The number of rotatable bonds is 4. The summed E-state index contributed by atoms with van der Waals surface area (Å²) < 4.78 is 17.4. The molecule has 1 aliphatic heterocycles. The molecule has 2 fully saturated rings. The topological polar surface area (TPSA) is 60.9 Å². The molecular weight excluding hydrogens is 320 g/mol. The van der Waals surface area contributed by atoms with Gasteiger partial charge in [0, 0.05) is 38.3 Å². The maximum atomic E-state index is 12.1. The number of carbonyl (C=O) groups is 1. The number of carbonyl (C=O) groups excluding carboxylic acids is 1. The fraction of sp³-hybridized carbons (Fsp3) is 0.684. The molecule has 3 rings (SSSR count). The Labute approximate surface area is 149 Å². The minimum absolute atomic E-state index is 0.222. The largest absolute Gasteiger partial charge is 0.490 e. The second-order valence-electron chi connectivity index (χ2n) is 7.82. The van der Waals surface area contributed by atoms with E-state index in [1.165, 1.54) is 0 Å². The van der Waals surface area contributed by atoms with Crippen molar-refractivity contribution in [1.82, 2.24) is 9.88 Å². The summed E-state index contributed by atoms with van der Waals surface area (Å²) in [4.78, 5) is 17.8. The van der Waals surface area contributed by atoms with E-state index in [1.807, 2.05) is 32.9 Å². The van der Waals surface area contributed by atoms with Crippen molar-refractivity contribution in [3.63, 3.8) is 0 Å². The third-order valence-corrected chi connectivity index (χ3v) is 4.48. The molecule has 1 saturated carbocycles. The van der Waals surface area contributed by atoms with Gasteiger partial charge < -0.3 is 19.1 Å². The molecule has 6 nitrogen and oxygen atoms in total. The molecule has 1 aliphatic carbocycles. The Balaban J connectivity index is 1.33. The molecule has 25 heavy (non-hydrogen) atoms. The first-order valence-corrected chi connectivity index (χ1v) is 9.09. The van der Waals surface area contributed by atoms with Crippen LogP contribution in [0.2, 0.25) is 0 Å². The first-order valence-electron chi connectivity index (χ1n) is 9.09. The Bertz CT molecular complexity index is 559. The zero-order chi connectivity index (χ0) is 17.9. The van der Waals surface area contributed by atoms with Crippen molar-refractivity contribution in [3.05, 3.63) is 24.5 Å². The number of pyridine rings is 1. The summed E-state index contributed by atoms with van der Waals surface area (Å²) in [6.07, 6.45) is 7.56. The van der Waals surface area contributed by atoms with Crippen LogP contribution in [0.4, 0.5) is 4.79 Å². The van der Waals surface area contributed by atoms with Crippen molar-refractivity contribution in [2.24, 2.45) is 0 Å². The van der Waals surface area contributed by atoms with E-state index in [4.69, 9.17) is 14.2 Å². The van der Waals surface area contributed by atoms with Crippen LogP contribution in [0.5, 0.6) is 5.75 Å². The molecular formula is C19H28N2O4. The Morgan fingerprint density at radius 3 is 2.32 bits per heavy atom. The zero-order valence-electron chi connectivity index (χ0n) is 15.3. The summed E-state index contributed by atoms with van der Waals surface area (Å²) in [5.74, 6) is 0.865. The molecule has 0 aromatic carbocycles. The standard InChI is InChI=1S/C19H28N2O4/c1-19(2,3)25-18(22)21-10-6-15(7-11-21)24-17-12-16(13-17)23-14-4-8-20-9-5-14/h4-5,8-9,15-17H,6-7,10-13H2,1-3H3. The Morgan fingerprint density at radius 1 is 1.08 bits per heavy atom. The second kappa shape index (κ2) is 7.60. The molecule has 1 aromatic rings. The summed E-state index contributed by atoms with van der Waals surface area (Å²) in [6.45, 7) is 7.07. The SMILES string of the molecule is CC(C)(C)OC(=O)N1CCC(OC2CC(Oc3ccncc3)C2)CC1. The van der Waals surface area contributed by atoms with Gasteiger partial charge in [0.05, 0.1) is 12.2 Å². The van der Waals surface area contributed by atoms with Gasteiger partial charge in [0.2, 0.25) is 0 Å². The number of amides is 1. The van der Waals surface area contributed by atoms with Gasteiger partial charge >= 0.3 is 6.09 Å². The molecule has 1 saturated heterocycles. The second-order valence-corrected chi connectivity index (χ2v) is 7.82. The molecule has 138 valence electrons. The fourth-order valence-electron chi connectivity index (χ4n) is 3.11. The predicted molar refractivity (Wildman–Crippen MR) is 93.6 cm³/mol. The minimum Gasteiger partial charge on any atom is -0.490 e. The van der Waals surface area contributed by atoms with Crippen LogP contribution in [0.3, 0.4) is 0 Å². The Kier molecular flexibility index (Phi) is 5.47. The molecule has 0 spiro atoms. The zero-order valence-corrected chi connectivity index (χ0v) is 15.3. The molecule has 1 amide bonds. The highest BCUT2D eigenvalue weighted by Gasteiger charge is 2.35. The van der Waals surface area contributed by atoms with Crippen LogP contribution in [0.15, 0.2) is 24.5 Å². The molecule has 0 N–H and O–H groups in total. The van der Waals surface area contributed by atoms with Crippen molar-refractivity contribution in [3.8, 4) is 5.75 Å². The molecule has 0 unspecified atom stereocenters. The number of ether oxygens (including phenoxy) is 3. The molecule has 2 heterocycles. The van der Waals surface area contributed by atoms with Gasteiger partial charge in [-0.25, -0.2) is 4.79 Å². The molecule has 0 bridgehead atoms. The van der Waals surface area contributed by atoms with E-state index in [9.17, 15) is 4.79 Å². The van der Waals surface area contributed by atoms with Gasteiger partial charge in [-0.05, 0) is 45.7 Å². The van der Waals surface area contributed by atoms with E-state index in [-0.39, 0.29) is 24.4 Å². The lowest BCUT2D eigenvalue weighted by molar-refractivity contribution is -0.109. The minimum atomic E-state index is -0.444. The molecule has 0 atom stereocenters. The number of likely N-dealkylation sites (tertiary alicyclic amines) is 1. The Morgan fingerprint density at radius 2 is 1.72 bits per heavy atom. The maximum Gasteiger partial charge on any atom is 0.410 e. The molecule has 1 aromatic heterocycles. The summed E-state index contributed by atoms with van der Waals surface area (Å²) in [5, 5.41) is 0. The van der Waals surface area contributed by atoms with E-state index >= 15 is 0 Å². The average Bonchev–Trinajstić information content (AvgIpc) is 2.53. The molecule has 2 aliphatic rings. The van der Waals surface area contributed by atoms with Crippen molar-refractivity contribution >= 4 is 6.09 Å². The summed E-state index contributed by atoms with van der Waals surface area (Å²) in [5.41, 5.74) is -0.444. The van der Waals surface area contributed by atoms with Crippen molar-refractivity contribution in [1.29, 1.82) is 0 Å². The van der Waals surface area contributed by atoms with Crippen LogP contribution in [-0.2, 0) is 9.47 Å². The number of piperidine rings is 1. The first-order chi connectivity index (χ1) is 11.9. The highest BCUT2D eigenvalue weighted by molar-refractivity contribution is 5.68. The van der Waals surface area contributed by atoms with E-state index in [2.05, 4.69) is 4.98 Å². The van der Waals surface area contributed by atoms with Crippen molar-refractivity contribution < 1.29 is 19.0 Å². The quantitative estimate of drug-likeness (QED) is 0.834. The van der Waals surface area contributed by atoms with Crippen LogP contribution < -0.4 is 4.74 Å². The van der Waals surface area contributed by atoms with E-state index in [0.29, 0.717) is 13.1 Å². The number of aromatic nitrogens is 1. The van der Waals surface area contributed by atoms with Gasteiger partial charge in [0.1, 0.15) is 17.5 Å². The van der Waals surface area contributed by atoms with Crippen LogP contribution in [0.25, 0.3) is 0 Å². The fourth-order valence-corrected chi connectivity index (χ4v) is 3.11. The lowest BCUT2D eigenvalue weighted by Crippen LogP contribution is -2.46. The van der Waals surface area contributed by atoms with E-state index in [0.717, 1.165) is 31.4 Å². The lowest BCUT2D eigenvalue weighted by Gasteiger charge is -2.40. The monoisotopic (exact) mass is 348 g/mol. The van der Waals surface area contributed by atoms with Gasteiger partial charge in [0.15, 0.2) is 0 Å². The highest BCUT2D eigenvalue weighted by atomic mass is 16.6. The van der Waals surface area contributed by atoms with Crippen LogP contribution >= 0.6 is 0 Å². The van der Waals surface area contributed by atoms with E-state index in [1.54, 1.807) is 17.3 Å². The van der Waals surface area contributed by atoms with Gasteiger partial charge in [-0.15, -0.1) is 0 Å². The van der Waals surface area contributed by atoms with Crippen molar-refractivity contribution in [2.45, 2.75) is 70.4 Å². The lowest BCUT2D eigenvalue weighted by atomic mass is 9.91. The van der Waals surface area contributed by atoms with Gasteiger partial charge in [-0.1, -0.05) is 0 Å². The third kappa shape index (κ3) is 5.33. The number of nitrogens with zero attached hydrogens (tertiary/aromatic N) is 2. The predicted octanol–water partition coefficient (Wildman–Crippen LogP) is 3.41. The van der Waals surface area contributed by atoms with Gasteiger partial charge in [-0.2, -0.15) is 0 Å². The average molecular weight is 348 g/mol.